The molecule has 18 heavy (non-hydrogen) atoms. The molecule has 2 aromatic rings. The lowest BCUT2D eigenvalue weighted by Gasteiger charge is -2.08. The summed E-state index contributed by atoms with van der Waals surface area (Å²) in [5.74, 6) is -1.21. The van der Waals surface area contributed by atoms with Crippen LogP contribution in [-0.4, -0.2) is 9.55 Å². The molecule has 7 heteroatoms. The van der Waals surface area contributed by atoms with Crippen molar-refractivity contribution in [3.05, 3.63) is 60.6 Å². The number of rotatable bonds is 1. The van der Waals surface area contributed by atoms with Gasteiger partial charge in [-0.1, -0.05) is 29.3 Å². The van der Waals surface area contributed by atoms with E-state index in [1.807, 2.05) is 4.98 Å². The largest absolute Gasteiger partial charge is 0.334 e. The molecule has 1 N–H and O–H groups in total. The number of nitrogens with one attached hydrogen (secondary N) is 1. The Morgan fingerprint density at radius 3 is 2.61 bits per heavy atom. The molecular weight excluding hydrogens is 282 g/mol. The number of aromatic nitrogens is 2. The van der Waals surface area contributed by atoms with Crippen molar-refractivity contribution in [3.8, 4) is 5.69 Å². The van der Waals surface area contributed by atoms with Crippen molar-refractivity contribution in [1.29, 1.82) is 0 Å². The molecule has 0 unspecified atom stereocenters. The topological polar surface area (TPSA) is 54.9 Å². The van der Waals surface area contributed by atoms with E-state index in [0.29, 0.717) is 15.2 Å². The number of hydrogen-bond donors (Lipinski definition) is 1. The van der Waals surface area contributed by atoms with Crippen LogP contribution < -0.4 is 11.2 Å². The van der Waals surface area contributed by atoms with E-state index in [2.05, 4.69) is 0 Å². The summed E-state index contributed by atoms with van der Waals surface area (Å²) >= 11 is 11.2. The van der Waals surface area contributed by atoms with Crippen LogP contribution in [0.4, 0.5) is 4.39 Å². The second-order valence-electron chi connectivity index (χ2n) is 3.63. The summed E-state index contributed by atoms with van der Waals surface area (Å²) in [4.78, 5) is 25.5. The lowest BCUT2D eigenvalue weighted by molar-refractivity contribution is 0.584. The molecule has 1 heterocycles. The minimum atomic E-state index is -1.21. The number of hydrogen-bond acceptors (Lipinski definition) is 2. The van der Waals surface area contributed by atoms with Crippen molar-refractivity contribution >= 4 is 23.2 Å². The normalized spacial score (nSPS) is 10.7. The van der Waals surface area contributed by atoms with E-state index in [-0.39, 0.29) is 5.69 Å². The van der Waals surface area contributed by atoms with Crippen molar-refractivity contribution in [3.63, 3.8) is 0 Å². The Balaban J connectivity index is 2.88. The number of aromatic amines is 1. The molecule has 1 aromatic carbocycles. The summed E-state index contributed by atoms with van der Waals surface area (Å²) in [5, 5.41) is -0.279. The Morgan fingerprint density at radius 2 is 1.94 bits per heavy atom. The molecule has 0 spiro atoms. The fourth-order valence-corrected chi connectivity index (χ4v) is 1.86. The molecule has 0 saturated carbocycles. The number of halogens is 3. The smallest absolute Gasteiger partial charge is 0.295 e. The van der Waals surface area contributed by atoms with Gasteiger partial charge in [0.25, 0.3) is 5.56 Å². The van der Waals surface area contributed by atoms with E-state index in [1.54, 1.807) is 19.1 Å². The minimum Gasteiger partial charge on any atom is -0.295 e. The predicted molar refractivity (Wildman–Crippen MR) is 67.4 cm³/mol. The average Bonchev–Trinajstić information content (AvgIpc) is 2.31. The van der Waals surface area contributed by atoms with Gasteiger partial charge >= 0.3 is 5.69 Å². The van der Waals surface area contributed by atoms with E-state index in [9.17, 15) is 14.0 Å². The van der Waals surface area contributed by atoms with Gasteiger partial charge in [-0.05, 0) is 24.6 Å². The van der Waals surface area contributed by atoms with Crippen LogP contribution in [0.3, 0.4) is 0 Å². The standard InChI is InChI=1S/C11H7Cl2FN2O2/c1-5-2-3-6(12)4-7(5)16-10(17)8(14)9(13)15-11(16)18/h2-4H,1H3,(H,15,18). The maximum Gasteiger partial charge on any atom is 0.334 e. The van der Waals surface area contributed by atoms with Crippen molar-refractivity contribution < 1.29 is 4.39 Å². The molecule has 0 atom stereocenters. The lowest BCUT2D eigenvalue weighted by atomic mass is 10.2. The van der Waals surface area contributed by atoms with Crippen molar-refractivity contribution in [1.82, 2.24) is 9.55 Å². The molecule has 0 aliphatic rings. The monoisotopic (exact) mass is 288 g/mol. The van der Waals surface area contributed by atoms with Gasteiger partial charge in [0.15, 0.2) is 5.15 Å². The van der Waals surface area contributed by atoms with E-state index in [0.717, 1.165) is 0 Å². The Kier molecular flexibility index (Phi) is 3.28. The second-order valence-corrected chi connectivity index (χ2v) is 4.44. The van der Waals surface area contributed by atoms with Crippen LogP contribution in [0.15, 0.2) is 27.8 Å². The highest BCUT2D eigenvalue weighted by molar-refractivity contribution is 6.30. The summed E-state index contributed by atoms with van der Waals surface area (Å²) in [7, 11) is 0. The van der Waals surface area contributed by atoms with Crippen LogP contribution >= 0.6 is 23.2 Å². The Hall–Kier alpha value is -1.59. The van der Waals surface area contributed by atoms with E-state index < -0.39 is 22.2 Å². The van der Waals surface area contributed by atoms with E-state index in [4.69, 9.17) is 23.2 Å². The highest BCUT2D eigenvalue weighted by atomic mass is 35.5. The third-order valence-corrected chi connectivity index (χ3v) is 2.91. The third kappa shape index (κ3) is 2.07. The summed E-state index contributed by atoms with van der Waals surface area (Å²) in [5.41, 5.74) is -1.12. The third-order valence-electron chi connectivity index (χ3n) is 2.42. The summed E-state index contributed by atoms with van der Waals surface area (Å²) in [6, 6.07) is 4.63. The van der Waals surface area contributed by atoms with E-state index in [1.165, 1.54) is 6.07 Å². The van der Waals surface area contributed by atoms with Crippen molar-refractivity contribution in [2.45, 2.75) is 6.92 Å². The zero-order valence-electron chi connectivity index (χ0n) is 9.13. The molecule has 0 amide bonds. The van der Waals surface area contributed by atoms with Gasteiger partial charge in [0, 0.05) is 5.02 Å². The first-order chi connectivity index (χ1) is 8.41. The molecule has 0 radical (unpaired) electrons. The molecule has 4 nitrogen and oxygen atoms in total. The van der Waals surface area contributed by atoms with Gasteiger partial charge < -0.3 is 0 Å². The molecular formula is C11H7Cl2FN2O2. The quantitative estimate of drug-likeness (QED) is 0.819. The Bertz CT molecular complexity index is 737. The first-order valence-corrected chi connectivity index (χ1v) is 5.64. The molecule has 2 rings (SSSR count). The maximum atomic E-state index is 13.4. The number of H-pyrrole nitrogens is 1. The van der Waals surface area contributed by atoms with Crippen LogP contribution in [0.1, 0.15) is 5.56 Å². The zero-order chi connectivity index (χ0) is 13.4. The fourth-order valence-electron chi connectivity index (χ4n) is 1.53. The molecule has 0 bridgehead atoms. The summed E-state index contributed by atoms with van der Waals surface area (Å²) in [6.07, 6.45) is 0. The van der Waals surface area contributed by atoms with Crippen LogP contribution in [0.2, 0.25) is 10.2 Å². The van der Waals surface area contributed by atoms with E-state index >= 15 is 0 Å². The zero-order valence-corrected chi connectivity index (χ0v) is 10.6. The maximum absolute atomic E-state index is 13.4. The molecule has 94 valence electrons. The number of benzene rings is 1. The number of aryl methyl sites for hydroxylation is 1. The van der Waals surface area contributed by atoms with Gasteiger partial charge in [0.05, 0.1) is 5.69 Å². The lowest BCUT2D eigenvalue weighted by Crippen LogP contribution is -2.36. The van der Waals surface area contributed by atoms with Gasteiger partial charge in [0.1, 0.15) is 0 Å². The SMILES string of the molecule is Cc1ccc(Cl)cc1-n1c(=O)[nH]c(Cl)c(F)c1=O. The highest BCUT2D eigenvalue weighted by Crippen LogP contribution is 2.17. The Morgan fingerprint density at radius 1 is 1.28 bits per heavy atom. The minimum absolute atomic E-state index is 0.212. The molecule has 1 aromatic heterocycles. The van der Waals surface area contributed by atoms with Crippen LogP contribution in [-0.2, 0) is 0 Å². The second kappa shape index (κ2) is 4.59. The van der Waals surface area contributed by atoms with Gasteiger partial charge in [-0.2, -0.15) is 4.39 Å². The predicted octanol–water partition coefficient (Wildman–Crippen LogP) is 2.28. The molecule has 0 fully saturated rings. The molecule has 0 aliphatic carbocycles. The Labute approximate surface area is 111 Å². The number of nitrogens with zero attached hydrogens (tertiary/aromatic N) is 1. The molecule has 0 saturated heterocycles. The van der Waals surface area contributed by atoms with Gasteiger partial charge in [-0.3, -0.25) is 9.78 Å². The van der Waals surface area contributed by atoms with Gasteiger partial charge in [-0.15, -0.1) is 0 Å². The van der Waals surface area contributed by atoms with Crippen molar-refractivity contribution in [2.24, 2.45) is 0 Å². The fraction of sp³-hybridized carbons (Fsp3) is 0.0909. The van der Waals surface area contributed by atoms with Crippen LogP contribution in [0.25, 0.3) is 5.69 Å². The summed E-state index contributed by atoms with van der Waals surface area (Å²) < 4.78 is 14.1. The first-order valence-electron chi connectivity index (χ1n) is 4.88. The molecule has 0 aliphatic heterocycles. The average molecular weight is 289 g/mol. The van der Waals surface area contributed by atoms with Gasteiger partial charge in [0.2, 0.25) is 5.82 Å². The van der Waals surface area contributed by atoms with Crippen LogP contribution in [0, 0.1) is 12.7 Å². The van der Waals surface area contributed by atoms with Crippen molar-refractivity contribution in [2.75, 3.05) is 0 Å². The van der Waals surface area contributed by atoms with Crippen LogP contribution in [0.5, 0.6) is 0 Å². The highest BCUT2D eigenvalue weighted by Gasteiger charge is 2.15. The first kappa shape index (κ1) is 12.9. The van der Waals surface area contributed by atoms with Gasteiger partial charge in [-0.25, -0.2) is 9.36 Å². The summed E-state index contributed by atoms with van der Waals surface area (Å²) in [6.45, 7) is 1.67.